The van der Waals surface area contributed by atoms with Gasteiger partial charge in [0, 0.05) is 18.8 Å². The highest BCUT2D eigenvalue weighted by Crippen LogP contribution is 2.32. The molecule has 0 fully saturated rings. The summed E-state index contributed by atoms with van der Waals surface area (Å²) in [6, 6.07) is 17.5. The zero-order chi connectivity index (χ0) is 15.5. The Morgan fingerprint density at radius 1 is 0.909 bits per heavy atom. The fourth-order valence-corrected chi connectivity index (χ4v) is 3.24. The summed E-state index contributed by atoms with van der Waals surface area (Å²) in [6.07, 6.45) is 4.97. The Morgan fingerprint density at radius 3 is 2.41 bits per heavy atom. The molecule has 0 aliphatic carbocycles. The van der Waals surface area contributed by atoms with Crippen molar-refractivity contribution in [3.8, 4) is 0 Å². The third-order valence-electron chi connectivity index (χ3n) is 4.34. The summed E-state index contributed by atoms with van der Waals surface area (Å²) in [4.78, 5) is 0. The van der Waals surface area contributed by atoms with Crippen molar-refractivity contribution < 1.29 is 0 Å². The van der Waals surface area contributed by atoms with Crippen LogP contribution in [0.2, 0.25) is 0 Å². The Kier molecular flexibility index (Phi) is 4.54. The van der Waals surface area contributed by atoms with E-state index < -0.39 is 0 Å². The number of rotatable bonds is 5. The van der Waals surface area contributed by atoms with Gasteiger partial charge in [0.1, 0.15) is 0 Å². The van der Waals surface area contributed by atoms with Crippen LogP contribution < -0.4 is 4.42 Å². The van der Waals surface area contributed by atoms with Gasteiger partial charge in [-0.2, -0.15) is 0 Å². The first-order chi connectivity index (χ1) is 10.7. The second-order valence-electron chi connectivity index (χ2n) is 5.92. The van der Waals surface area contributed by atoms with Gasteiger partial charge in [0.25, 0.3) is 0 Å². The molecule has 0 aromatic heterocycles. The standard InChI is InChI=1S/C20H22ClN/c1-3-4-5-8-15-13-16-11-12-17(22(2)21)14-20(16)19-10-7-6-9-18(15)19/h6-7,9-14H,3-5,8H2,1-2H3. The van der Waals surface area contributed by atoms with Crippen molar-refractivity contribution in [1.29, 1.82) is 0 Å². The molecule has 2 heteroatoms. The van der Waals surface area contributed by atoms with E-state index in [-0.39, 0.29) is 0 Å². The number of fused-ring (bicyclic) bond motifs is 3. The van der Waals surface area contributed by atoms with Gasteiger partial charge in [-0.05, 0) is 52.1 Å². The number of anilines is 1. The molecule has 0 spiro atoms. The summed E-state index contributed by atoms with van der Waals surface area (Å²) in [6.45, 7) is 2.25. The maximum atomic E-state index is 6.10. The summed E-state index contributed by atoms with van der Waals surface area (Å²) >= 11 is 6.10. The number of halogens is 1. The topological polar surface area (TPSA) is 3.24 Å². The SMILES string of the molecule is CCCCCc1cc2ccc(N(C)Cl)cc2c2ccccc12. The minimum atomic E-state index is 1.03. The zero-order valence-corrected chi connectivity index (χ0v) is 14.0. The number of hydrogen-bond donors (Lipinski definition) is 0. The van der Waals surface area contributed by atoms with Crippen molar-refractivity contribution in [2.45, 2.75) is 32.6 Å². The first kappa shape index (κ1) is 15.2. The van der Waals surface area contributed by atoms with Crippen molar-refractivity contribution in [3.05, 3.63) is 54.1 Å². The van der Waals surface area contributed by atoms with E-state index in [2.05, 4.69) is 55.5 Å². The molecule has 0 amide bonds. The van der Waals surface area contributed by atoms with E-state index in [4.69, 9.17) is 11.8 Å². The van der Waals surface area contributed by atoms with Crippen LogP contribution in [-0.4, -0.2) is 7.05 Å². The molecule has 0 unspecified atom stereocenters. The number of hydrogen-bond acceptors (Lipinski definition) is 1. The molecule has 1 nitrogen and oxygen atoms in total. The van der Waals surface area contributed by atoms with E-state index in [1.807, 2.05) is 7.05 Å². The second kappa shape index (κ2) is 6.58. The fraction of sp³-hybridized carbons (Fsp3) is 0.300. The molecule has 0 radical (unpaired) electrons. The zero-order valence-electron chi connectivity index (χ0n) is 13.3. The van der Waals surface area contributed by atoms with Crippen LogP contribution in [0.25, 0.3) is 21.5 Å². The van der Waals surface area contributed by atoms with E-state index in [0.717, 1.165) is 12.1 Å². The third-order valence-corrected chi connectivity index (χ3v) is 4.53. The lowest BCUT2D eigenvalue weighted by Gasteiger charge is -2.14. The Morgan fingerprint density at radius 2 is 1.68 bits per heavy atom. The molecule has 0 N–H and O–H groups in total. The average Bonchev–Trinajstić information content (AvgIpc) is 2.54. The van der Waals surface area contributed by atoms with Gasteiger partial charge in [-0.15, -0.1) is 0 Å². The Bertz CT molecular complexity index is 792. The van der Waals surface area contributed by atoms with Gasteiger partial charge in [-0.3, -0.25) is 4.42 Å². The van der Waals surface area contributed by atoms with Crippen molar-refractivity contribution in [1.82, 2.24) is 0 Å². The van der Waals surface area contributed by atoms with Crippen molar-refractivity contribution in [2.75, 3.05) is 11.5 Å². The Labute approximate surface area is 137 Å². The molecule has 0 bridgehead atoms. The van der Waals surface area contributed by atoms with Crippen LogP contribution in [0.1, 0.15) is 31.7 Å². The third kappa shape index (κ3) is 2.91. The monoisotopic (exact) mass is 311 g/mol. The largest absolute Gasteiger partial charge is 0.288 e. The molecule has 0 aliphatic heterocycles. The molecule has 22 heavy (non-hydrogen) atoms. The van der Waals surface area contributed by atoms with Crippen LogP contribution in [0, 0.1) is 0 Å². The van der Waals surface area contributed by atoms with Gasteiger partial charge in [0.05, 0.1) is 5.69 Å². The first-order valence-electron chi connectivity index (χ1n) is 8.04. The second-order valence-corrected chi connectivity index (χ2v) is 6.43. The van der Waals surface area contributed by atoms with Crippen LogP contribution in [0.4, 0.5) is 5.69 Å². The Hall–Kier alpha value is -1.73. The minimum Gasteiger partial charge on any atom is -0.288 e. The Balaban J connectivity index is 2.18. The molecule has 3 aromatic rings. The summed E-state index contributed by atoms with van der Waals surface area (Å²) in [5.74, 6) is 0. The van der Waals surface area contributed by atoms with Gasteiger partial charge in [-0.25, -0.2) is 0 Å². The van der Waals surface area contributed by atoms with E-state index in [1.165, 1.54) is 46.4 Å². The van der Waals surface area contributed by atoms with Crippen LogP contribution >= 0.6 is 11.8 Å². The van der Waals surface area contributed by atoms with Crippen molar-refractivity contribution in [2.24, 2.45) is 0 Å². The van der Waals surface area contributed by atoms with Crippen LogP contribution in [0.15, 0.2) is 48.5 Å². The summed E-state index contributed by atoms with van der Waals surface area (Å²) < 4.78 is 1.64. The van der Waals surface area contributed by atoms with Crippen LogP contribution in [0.5, 0.6) is 0 Å². The molecule has 0 saturated carbocycles. The maximum Gasteiger partial charge on any atom is 0.0526 e. The smallest absolute Gasteiger partial charge is 0.0526 e. The number of unbranched alkanes of at least 4 members (excludes halogenated alkanes) is 2. The van der Waals surface area contributed by atoms with Crippen molar-refractivity contribution >= 4 is 39.0 Å². The molecule has 0 saturated heterocycles. The van der Waals surface area contributed by atoms with Gasteiger partial charge in [0.2, 0.25) is 0 Å². The quantitative estimate of drug-likeness (QED) is 0.303. The summed E-state index contributed by atoms with van der Waals surface area (Å²) in [7, 11) is 1.87. The highest BCUT2D eigenvalue weighted by atomic mass is 35.5. The molecular formula is C20H22ClN. The summed E-state index contributed by atoms with van der Waals surface area (Å²) in [5, 5.41) is 5.28. The van der Waals surface area contributed by atoms with Crippen molar-refractivity contribution in [3.63, 3.8) is 0 Å². The van der Waals surface area contributed by atoms with Gasteiger partial charge < -0.3 is 0 Å². The predicted molar refractivity (Wildman–Crippen MR) is 98.9 cm³/mol. The van der Waals surface area contributed by atoms with Gasteiger partial charge in [-0.1, -0.05) is 56.2 Å². The highest BCUT2D eigenvalue weighted by molar-refractivity contribution is 6.25. The number of nitrogens with zero attached hydrogens (tertiary/aromatic N) is 1. The van der Waals surface area contributed by atoms with Gasteiger partial charge >= 0.3 is 0 Å². The number of benzene rings is 3. The predicted octanol–water partition coefficient (Wildman–Crippen LogP) is 6.32. The highest BCUT2D eigenvalue weighted by Gasteiger charge is 2.08. The number of aryl methyl sites for hydroxylation is 1. The molecule has 0 atom stereocenters. The lowest BCUT2D eigenvalue weighted by molar-refractivity contribution is 0.720. The maximum absolute atomic E-state index is 6.10. The van der Waals surface area contributed by atoms with E-state index in [1.54, 1.807) is 4.42 Å². The molecule has 3 aromatic carbocycles. The molecule has 0 aliphatic rings. The van der Waals surface area contributed by atoms with Crippen LogP contribution in [-0.2, 0) is 6.42 Å². The molecule has 114 valence electrons. The average molecular weight is 312 g/mol. The molecule has 3 rings (SSSR count). The van der Waals surface area contributed by atoms with Gasteiger partial charge in [0.15, 0.2) is 0 Å². The fourth-order valence-electron chi connectivity index (χ4n) is 3.13. The lowest BCUT2D eigenvalue weighted by Crippen LogP contribution is -2.00. The van der Waals surface area contributed by atoms with E-state index >= 15 is 0 Å². The normalized spacial score (nSPS) is 11.2. The summed E-state index contributed by atoms with van der Waals surface area (Å²) in [5.41, 5.74) is 2.49. The molecule has 0 heterocycles. The van der Waals surface area contributed by atoms with E-state index in [0.29, 0.717) is 0 Å². The first-order valence-corrected chi connectivity index (χ1v) is 8.38. The molecular weight excluding hydrogens is 290 g/mol. The minimum absolute atomic E-state index is 1.03. The van der Waals surface area contributed by atoms with E-state index in [9.17, 15) is 0 Å². The lowest BCUT2D eigenvalue weighted by atomic mass is 9.94. The van der Waals surface area contributed by atoms with Crippen LogP contribution in [0.3, 0.4) is 0 Å².